The minimum Gasteiger partial charge on any atom is -0.288 e. The second-order valence-electron chi connectivity index (χ2n) is 4.01. The van der Waals surface area contributed by atoms with Gasteiger partial charge in [-0.3, -0.25) is 4.79 Å². The van der Waals surface area contributed by atoms with Crippen LogP contribution in [0.1, 0.15) is 21.5 Å². The number of carbonyl (C=O) groups is 1. The molecule has 0 amide bonds. The second-order valence-corrected chi connectivity index (χ2v) is 6.08. The zero-order chi connectivity index (χ0) is 14.2. The normalized spacial score (nSPS) is 10.6. The van der Waals surface area contributed by atoms with E-state index in [1.807, 2.05) is 22.6 Å². The summed E-state index contributed by atoms with van der Waals surface area (Å²) in [4.78, 5) is 12.3. The van der Waals surface area contributed by atoms with Crippen LogP contribution in [-0.2, 0) is 0 Å². The highest BCUT2D eigenvalue weighted by molar-refractivity contribution is 14.1. The summed E-state index contributed by atoms with van der Waals surface area (Å²) in [6, 6.07) is 7.46. The third-order valence-electron chi connectivity index (χ3n) is 2.68. The van der Waals surface area contributed by atoms with Gasteiger partial charge in [0.15, 0.2) is 5.78 Å². The van der Waals surface area contributed by atoms with E-state index in [-0.39, 0.29) is 11.1 Å². The average Bonchev–Trinajstić information content (AvgIpc) is 2.37. The van der Waals surface area contributed by atoms with Crippen LogP contribution < -0.4 is 0 Å². The lowest BCUT2D eigenvalue weighted by atomic mass is 10.0. The number of rotatable bonds is 2. The highest BCUT2D eigenvalue weighted by Crippen LogP contribution is 2.25. The van der Waals surface area contributed by atoms with Gasteiger partial charge in [-0.2, -0.15) is 0 Å². The van der Waals surface area contributed by atoms with Crippen molar-refractivity contribution in [2.45, 2.75) is 6.92 Å². The van der Waals surface area contributed by atoms with Crippen LogP contribution in [0.3, 0.4) is 0 Å². The summed E-state index contributed by atoms with van der Waals surface area (Å²) in [6.45, 7) is 1.50. The first-order chi connectivity index (χ1) is 8.91. The van der Waals surface area contributed by atoms with Crippen molar-refractivity contribution in [1.82, 2.24) is 0 Å². The van der Waals surface area contributed by atoms with E-state index in [9.17, 15) is 13.6 Å². The number of aryl methyl sites for hydroxylation is 1. The SMILES string of the molecule is Cc1ccc(F)c(C(=O)c2cc(Br)ccc2I)c1F. The van der Waals surface area contributed by atoms with Gasteiger partial charge in [0.2, 0.25) is 0 Å². The summed E-state index contributed by atoms with van der Waals surface area (Å²) in [5.74, 6) is -2.30. The molecule has 0 spiro atoms. The molecule has 0 heterocycles. The minimum atomic E-state index is -0.844. The van der Waals surface area contributed by atoms with Gasteiger partial charge in [-0.1, -0.05) is 22.0 Å². The van der Waals surface area contributed by atoms with E-state index in [0.717, 1.165) is 6.07 Å². The van der Waals surface area contributed by atoms with Gasteiger partial charge < -0.3 is 0 Å². The molecular weight excluding hydrogens is 429 g/mol. The number of ketones is 1. The Morgan fingerprint density at radius 3 is 2.58 bits per heavy atom. The highest BCUT2D eigenvalue weighted by Gasteiger charge is 2.22. The van der Waals surface area contributed by atoms with Crippen molar-refractivity contribution in [3.05, 3.63) is 66.7 Å². The Labute approximate surface area is 131 Å². The van der Waals surface area contributed by atoms with E-state index >= 15 is 0 Å². The maximum absolute atomic E-state index is 14.0. The smallest absolute Gasteiger partial charge is 0.200 e. The molecule has 0 aliphatic heterocycles. The molecule has 0 N–H and O–H groups in total. The Bertz CT molecular complexity index is 671. The summed E-state index contributed by atoms with van der Waals surface area (Å²) in [7, 11) is 0. The van der Waals surface area contributed by atoms with Crippen LogP contribution in [0.2, 0.25) is 0 Å². The van der Waals surface area contributed by atoms with Gasteiger partial charge >= 0.3 is 0 Å². The predicted molar refractivity (Wildman–Crippen MR) is 81.4 cm³/mol. The molecule has 5 heteroatoms. The highest BCUT2D eigenvalue weighted by atomic mass is 127. The lowest BCUT2D eigenvalue weighted by Crippen LogP contribution is -2.10. The van der Waals surface area contributed by atoms with Crippen molar-refractivity contribution in [3.8, 4) is 0 Å². The summed E-state index contributed by atoms with van der Waals surface area (Å²) in [5, 5.41) is 0. The molecule has 2 rings (SSSR count). The fraction of sp³-hybridized carbons (Fsp3) is 0.0714. The van der Waals surface area contributed by atoms with Crippen molar-refractivity contribution in [2.24, 2.45) is 0 Å². The van der Waals surface area contributed by atoms with Crippen LogP contribution in [0, 0.1) is 22.1 Å². The molecule has 0 bridgehead atoms. The van der Waals surface area contributed by atoms with Crippen molar-refractivity contribution < 1.29 is 13.6 Å². The van der Waals surface area contributed by atoms with Crippen molar-refractivity contribution in [2.75, 3.05) is 0 Å². The molecule has 0 atom stereocenters. The third-order valence-corrected chi connectivity index (χ3v) is 4.12. The Balaban J connectivity index is 2.63. The first-order valence-corrected chi connectivity index (χ1v) is 7.23. The van der Waals surface area contributed by atoms with Crippen LogP contribution in [0.4, 0.5) is 8.78 Å². The molecule has 0 aliphatic rings. The van der Waals surface area contributed by atoms with Gasteiger partial charge in [-0.05, 0) is 59.3 Å². The number of carbonyl (C=O) groups excluding carboxylic acids is 1. The number of hydrogen-bond donors (Lipinski definition) is 0. The zero-order valence-corrected chi connectivity index (χ0v) is 13.6. The number of halogens is 4. The van der Waals surface area contributed by atoms with Gasteiger partial charge in [0.1, 0.15) is 11.6 Å². The van der Waals surface area contributed by atoms with Crippen molar-refractivity contribution in [1.29, 1.82) is 0 Å². The summed E-state index contributed by atoms with van der Waals surface area (Å²) < 4.78 is 29.0. The van der Waals surface area contributed by atoms with Gasteiger partial charge in [0.05, 0.1) is 5.56 Å². The van der Waals surface area contributed by atoms with E-state index in [2.05, 4.69) is 15.9 Å². The Hall–Kier alpha value is -0.820. The van der Waals surface area contributed by atoms with E-state index in [4.69, 9.17) is 0 Å². The molecule has 2 aromatic rings. The molecule has 0 radical (unpaired) electrons. The Kier molecular flexibility index (Phi) is 4.35. The Morgan fingerprint density at radius 2 is 1.89 bits per heavy atom. The molecule has 0 fully saturated rings. The summed E-state index contributed by atoms with van der Waals surface area (Å²) in [5.41, 5.74) is 0.0177. The van der Waals surface area contributed by atoms with Crippen molar-refractivity contribution in [3.63, 3.8) is 0 Å². The van der Waals surface area contributed by atoms with Crippen LogP contribution in [0.25, 0.3) is 0 Å². The average molecular weight is 437 g/mol. The zero-order valence-electron chi connectivity index (χ0n) is 9.81. The van der Waals surface area contributed by atoms with E-state index in [1.165, 1.54) is 13.0 Å². The number of hydrogen-bond acceptors (Lipinski definition) is 1. The van der Waals surface area contributed by atoms with Crippen LogP contribution in [0.5, 0.6) is 0 Å². The lowest BCUT2D eigenvalue weighted by molar-refractivity contribution is 0.103. The minimum absolute atomic E-state index is 0.245. The van der Waals surface area contributed by atoms with Crippen LogP contribution in [-0.4, -0.2) is 5.78 Å². The fourth-order valence-corrected chi connectivity index (χ4v) is 2.61. The predicted octanol–water partition coefficient (Wildman–Crippen LogP) is 4.87. The first kappa shape index (κ1) is 14.6. The molecule has 98 valence electrons. The maximum Gasteiger partial charge on any atom is 0.200 e. The quantitative estimate of drug-likeness (QED) is 0.484. The molecule has 0 saturated heterocycles. The monoisotopic (exact) mass is 436 g/mol. The second kappa shape index (κ2) is 5.66. The Morgan fingerprint density at radius 1 is 1.21 bits per heavy atom. The van der Waals surface area contributed by atoms with Gasteiger partial charge in [0, 0.05) is 13.6 Å². The first-order valence-electron chi connectivity index (χ1n) is 5.36. The summed E-state index contributed by atoms with van der Waals surface area (Å²) in [6.07, 6.45) is 0. The topological polar surface area (TPSA) is 17.1 Å². The standard InChI is InChI=1S/C14H8BrF2IO/c1-7-2-4-10(16)12(13(7)17)14(19)9-6-8(15)3-5-11(9)18/h2-6H,1H3. The molecule has 0 aromatic heterocycles. The molecule has 0 aliphatic carbocycles. The van der Waals surface area contributed by atoms with E-state index in [0.29, 0.717) is 8.04 Å². The lowest BCUT2D eigenvalue weighted by Gasteiger charge is -2.08. The molecular formula is C14H8BrF2IO. The molecule has 2 aromatic carbocycles. The number of benzene rings is 2. The maximum atomic E-state index is 14.0. The van der Waals surface area contributed by atoms with Crippen molar-refractivity contribution >= 4 is 44.3 Å². The van der Waals surface area contributed by atoms with Crippen LogP contribution in [0.15, 0.2) is 34.8 Å². The molecule has 0 saturated carbocycles. The summed E-state index contributed by atoms with van der Waals surface area (Å²) >= 11 is 5.21. The van der Waals surface area contributed by atoms with Gasteiger partial charge in [0.25, 0.3) is 0 Å². The molecule has 19 heavy (non-hydrogen) atoms. The molecule has 1 nitrogen and oxygen atoms in total. The van der Waals surface area contributed by atoms with Gasteiger partial charge in [-0.15, -0.1) is 0 Å². The van der Waals surface area contributed by atoms with E-state index < -0.39 is 23.0 Å². The third kappa shape index (κ3) is 2.86. The largest absolute Gasteiger partial charge is 0.288 e. The molecule has 0 unspecified atom stereocenters. The van der Waals surface area contributed by atoms with Gasteiger partial charge in [-0.25, -0.2) is 8.78 Å². The van der Waals surface area contributed by atoms with E-state index in [1.54, 1.807) is 18.2 Å². The fourth-order valence-electron chi connectivity index (χ4n) is 1.67. The van der Waals surface area contributed by atoms with Crippen LogP contribution >= 0.6 is 38.5 Å².